The van der Waals surface area contributed by atoms with E-state index in [1.165, 1.54) is 0 Å². The number of aliphatic carboxylic acids is 1. The summed E-state index contributed by atoms with van der Waals surface area (Å²) in [7, 11) is 0. The number of hydrogen-bond acceptors (Lipinski definition) is 3. The quantitative estimate of drug-likeness (QED) is 0.726. The van der Waals surface area contributed by atoms with E-state index in [-0.39, 0.29) is 6.54 Å². The zero-order valence-electron chi connectivity index (χ0n) is 8.43. The minimum atomic E-state index is -1.16. The highest BCUT2D eigenvalue weighted by molar-refractivity contribution is 5.93. The van der Waals surface area contributed by atoms with Crippen LogP contribution in [0, 0.1) is 11.3 Å². The Morgan fingerprint density at radius 1 is 1.44 bits per heavy atom. The minimum Gasteiger partial charge on any atom is -0.481 e. The summed E-state index contributed by atoms with van der Waals surface area (Å²) in [6, 6.07) is 8.73. The van der Waals surface area contributed by atoms with Crippen LogP contribution in [0.3, 0.4) is 0 Å². The fraction of sp³-hybridized carbons (Fsp3) is 0.182. The number of nitriles is 1. The summed E-state index contributed by atoms with van der Waals surface area (Å²) in [4.78, 5) is 21.2. The predicted octanol–water partition coefficient (Wildman–Crippen LogP) is 0.649. The molecule has 0 saturated heterocycles. The molecule has 0 spiro atoms. The molecule has 0 saturated carbocycles. The SMILES string of the molecule is N#Cc1cccc(CNC(=O)CC(=O)O)c1. The van der Waals surface area contributed by atoms with Crippen LogP contribution in [-0.4, -0.2) is 17.0 Å². The van der Waals surface area contributed by atoms with Crippen molar-refractivity contribution in [2.75, 3.05) is 0 Å². The van der Waals surface area contributed by atoms with Crippen LogP contribution < -0.4 is 5.32 Å². The highest BCUT2D eigenvalue weighted by atomic mass is 16.4. The Kier molecular flexibility index (Phi) is 4.04. The maximum Gasteiger partial charge on any atom is 0.312 e. The Hall–Kier alpha value is -2.35. The summed E-state index contributed by atoms with van der Waals surface area (Å²) >= 11 is 0. The van der Waals surface area contributed by atoms with E-state index in [1.807, 2.05) is 6.07 Å². The highest BCUT2D eigenvalue weighted by Crippen LogP contribution is 2.03. The van der Waals surface area contributed by atoms with Crippen LogP contribution in [0.15, 0.2) is 24.3 Å². The molecular formula is C11H10N2O3. The molecule has 0 aromatic heterocycles. The van der Waals surface area contributed by atoms with Gasteiger partial charge in [0.15, 0.2) is 0 Å². The van der Waals surface area contributed by atoms with Crippen LogP contribution >= 0.6 is 0 Å². The first-order valence-corrected chi connectivity index (χ1v) is 4.59. The maximum absolute atomic E-state index is 11.0. The Labute approximate surface area is 92.3 Å². The Bertz CT molecular complexity index is 449. The molecule has 82 valence electrons. The molecule has 1 aromatic carbocycles. The molecule has 16 heavy (non-hydrogen) atoms. The molecule has 0 atom stereocenters. The summed E-state index contributed by atoms with van der Waals surface area (Å²) in [6.45, 7) is 0.224. The smallest absolute Gasteiger partial charge is 0.312 e. The second kappa shape index (κ2) is 5.51. The van der Waals surface area contributed by atoms with Crippen molar-refractivity contribution in [3.63, 3.8) is 0 Å². The third kappa shape index (κ3) is 3.80. The van der Waals surface area contributed by atoms with Gasteiger partial charge in [0.2, 0.25) is 5.91 Å². The third-order valence-corrected chi connectivity index (χ3v) is 1.86. The van der Waals surface area contributed by atoms with Gasteiger partial charge in [0, 0.05) is 6.54 Å². The fourth-order valence-electron chi connectivity index (χ4n) is 1.15. The lowest BCUT2D eigenvalue weighted by molar-refractivity contribution is -0.140. The molecule has 0 bridgehead atoms. The molecule has 0 radical (unpaired) electrons. The summed E-state index contributed by atoms with van der Waals surface area (Å²) in [6.07, 6.45) is -0.544. The van der Waals surface area contributed by atoms with Crippen molar-refractivity contribution in [1.29, 1.82) is 5.26 Å². The number of carbonyl (C=O) groups is 2. The van der Waals surface area contributed by atoms with Gasteiger partial charge in [-0.2, -0.15) is 5.26 Å². The molecule has 5 heteroatoms. The van der Waals surface area contributed by atoms with Crippen LogP contribution in [0.25, 0.3) is 0 Å². The molecule has 1 rings (SSSR count). The molecule has 0 aliphatic rings. The fourth-order valence-corrected chi connectivity index (χ4v) is 1.15. The van der Waals surface area contributed by atoms with Gasteiger partial charge >= 0.3 is 5.97 Å². The largest absolute Gasteiger partial charge is 0.481 e. The summed E-state index contributed by atoms with van der Waals surface area (Å²) in [5.74, 6) is -1.71. The van der Waals surface area contributed by atoms with Crippen molar-refractivity contribution < 1.29 is 14.7 Å². The lowest BCUT2D eigenvalue weighted by atomic mass is 10.1. The number of carboxylic acid groups (broad SMARTS) is 1. The number of carboxylic acids is 1. The van der Waals surface area contributed by atoms with E-state index in [0.29, 0.717) is 5.56 Å². The number of carbonyl (C=O) groups excluding carboxylic acids is 1. The molecule has 0 aliphatic heterocycles. The molecular weight excluding hydrogens is 208 g/mol. The first-order valence-electron chi connectivity index (χ1n) is 4.59. The highest BCUT2D eigenvalue weighted by Gasteiger charge is 2.06. The minimum absolute atomic E-state index is 0.224. The van der Waals surface area contributed by atoms with E-state index >= 15 is 0 Å². The van der Waals surface area contributed by atoms with Crippen molar-refractivity contribution in [3.8, 4) is 6.07 Å². The van der Waals surface area contributed by atoms with Gasteiger partial charge in [0.05, 0.1) is 11.6 Å². The van der Waals surface area contributed by atoms with Gasteiger partial charge in [-0.15, -0.1) is 0 Å². The number of hydrogen-bond donors (Lipinski definition) is 2. The molecule has 0 aliphatic carbocycles. The maximum atomic E-state index is 11.0. The summed E-state index contributed by atoms with van der Waals surface area (Å²) in [5.41, 5.74) is 1.27. The Morgan fingerprint density at radius 2 is 2.19 bits per heavy atom. The van der Waals surface area contributed by atoms with E-state index in [9.17, 15) is 9.59 Å². The second-order valence-corrected chi connectivity index (χ2v) is 3.16. The Morgan fingerprint density at radius 3 is 2.81 bits per heavy atom. The van der Waals surface area contributed by atoms with Crippen molar-refractivity contribution in [2.45, 2.75) is 13.0 Å². The predicted molar refractivity (Wildman–Crippen MR) is 55.3 cm³/mol. The average molecular weight is 218 g/mol. The van der Waals surface area contributed by atoms with Gasteiger partial charge in [-0.25, -0.2) is 0 Å². The van der Waals surface area contributed by atoms with Gasteiger partial charge in [-0.3, -0.25) is 9.59 Å². The number of rotatable bonds is 4. The number of benzene rings is 1. The molecule has 0 unspecified atom stereocenters. The topological polar surface area (TPSA) is 90.2 Å². The third-order valence-electron chi connectivity index (χ3n) is 1.86. The summed E-state index contributed by atoms with van der Waals surface area (Å²) in [5, 5.41) is 19.5. The van der Waals surface area contributed by atoms with Gasteiger partial charge in [0.25, 0.3) is 0 Å². The molecule has 2 N–H and O–H groups in total. The van der Waals surface area contributed by atoms with Crippen LogP contribution in [0.2, 0.25) is 0 Å². The van der Waals surface area contributed by atoms with Gasteiger partial charge in [-0.1, -0.05) is 12.1 Å². The summed E-state index contributed by atoms with van der Waals surface area (Å²) < 4.78 is 0. The van der Waals surface area contributed by atoms with Gasteiger partial charge in [0.1, 0.15) is 6.42 Å². The molecule has 0 fully saturated rings. The first kappa shape index (κ1) is 11.7. The zero-order valence-corrected chi connectivity index (χ0v) is 8.43. The molecule has 0 heterocycles. The van der Waals surface area contributed by atoms with E-state index in [1.54, 1.807) is 24.3 Å². The van der Waals surface area contributed by atoms with E-state index in [2.05, 4.69) is 5.32 Å². The van der Waals surface area contributed by atoms with E-state index in [4.69, 9.17) is 10.4 Å². The Balaban J connectivity index is 2.52. The second-order valence-electron chi connectivity index (χ2n) is 3.16. The van der Waals surface area contributed by atoms with Crippen molar-refractivity contribution in [3.05, 3.63) is 35.4 Å². The molecule has 1 aromatic rings. The monoisotopic (exact) mass is 218 g/mol. The number of nitrogens with zero attached hydrogens (tertiary/aromatic N) is 1. The van der Waals surface area contributed by atoms with Crippen LogP contribution in [0.4, 0.5) is 0 Å². The normalized spacial score (nSPS) is 9.19. The lowest BCUT2D eigenvalue weighted by Gasteiger charge is -2.03. The van der Waals surface area contributed by atoms with Crippen LogP contribution in [0.5, 0.6) is 0 Å². The first-order chi connectivity index (χ1) is 7.61. The molecule has 5 nitrogen and oxygen atoms in total. The standard InChI is InChI=1S/C11H10N2O3/c12-6-8-2-1-3-9(4-8)7-13-10(14)5-11(15)16/h1-4H,5,7H2,(H,13,14)(H,15,16). The number of nitrogens with one attached hydrogen (secondary N) is 1. The molecule has 1 amide bonds. The van der Waals surface area contributed by atoms with Crippen LogP contribution in [-0.2, 0) is 16.1 Å². The van der Waals surface area contributed by atoms with E-state index < -0.39 is 18.3 Å². The van der Waals surface area contributed by atoms with Crippen molar-refractivity contribution in [2.24, 2.45) is 0 Å². The van der Waals surface area contributed by atoms with Gasteiger partial charge in [-0.05, 0) is 17.7 Å². The van der Waals surface area contributed by atoms with E-state index in [0.717, 1.165) is 5.56 Å². The van der Waals surface area contributed by atoms with Gasteiger partial charge < -0.3 is 10.4 Å². The zero-order chi connectivity index (χ0) is 12.0. The van der Waals surface area contributed by atoms with Crippen molar-refractivity contribution in [1.82, 2.24) is 5.32 Å². The average Bonchev–Trinajstić information content (AvgIpc) is 2.26. The van der Waals surface area contributed by atoms with Crippen LogP contribution in [0.1, 0.15) is 17.5 Å². The van der Waals surface area contributed by atoms with Crippen molar-refractivity contribution >= 4 is 11.9 Å². The lowest BCUT2D eigenvalue weighted by Crippen LogP contribution is -2.25. The number of amides is 1.